The molecule has 1 aromatic rings. The van der Waals surface area contributed by atoms with Crippen molar-refractivity contribution in [3.63, 3.8) is 0 Å². The van der Waals surface area contributed by atoms with Crippen molar-refractivity contribution in [2.75, 3.05) is 0 Å². The second-order valence-corrected chi connectivity index (χ2v) is 10.2. The first-order valence-electron chi connectivity index (χ1n) is 14.8. The fraction of sp³-hybridized carbons (Fsp3) is 0.839. The molecule has 0 bridgehead atoms. The zero-order valence-corrected chi connectivity index (χ0v) is 22.4. The smallest absolute Gasteiger partial charge is 0.172 e. The molecule has 0 fully saturated rings. The van der Waals surface area contributed by atoms with Crippen molar-refractivity contribution in [2.24, 2.45) is 0 Å². The number of hydrogen-bond acceptors (Lipinski definition) is 0. The molecular formula is C31H58N+. The summed E-state index contributed by atoms with van der Waals surface area (Å²) in [6, 6.07) is 2.46. The van der Waals surface area contributed by atoms with E-state index in [0.29, 0.717) is 0 Å². The first-order chi connectivity index (χ1) is 15.8. The van der Waals surface area contributed by atoms with E-state index in [9.17, 15) is 0 Å². The van der Waals surface area contributed by atoms with Crippen molar-refractivity contribution in [1.82, 2.24) is 0 Å². The summed E-state index contributed by atoms with van der Waals surface area (Å²) >= 11 is 0. The molecule has 0 aliphatic rings. The minimum atomic E-state index is 1.20. The molecule has 1 heteroatoms. The van der Waals surface area contributed by atoms with Gasteiger partial charge in [-0.25, -0.2) is 4.57 Å². The fourth-order valence-electron chi connectivity index (χ4n) is 4.85. The van der Waals surface area contributed by atoms with Gasteiger partial charge in [-0.05, 0) is 37.7 Å². The summed E-state index contributed by atoms with van der Waals surface area (Å²) < 4.78 is 2.48. The van der Waals surface area contributed by atoms with Crippen molar-refractivity contribution >= 4 is 0 Å². The molecular weight excluding hydrogens is 386 g/mol. The van der Waals surface area contributed by atoms with Gasteiger partial charge in [-0.1, -0.05) is 124 Å². The summed E-state index contributed by atoms with van der Waals surface area (Å²) in [6.07, 6.45) is 35.5. The summed E-state index contributed by atoms with van der Waals surface area (Å²) in [5, 5.41) is 0. The summed E-state index contributed by atoms with van der Waals surface area (Å²) in [5.74, 6) is 0. The predicted molar refractivity (Wildman–Crippen MR) is 143 cm³/mol. The summed E-state index contributed by atoms with van der Waals surface area (Å²) in [5.41, 5.74) is 3.29. The third kappa shape index (κ3) is 15.9. The van der Waals surface area contributed by atoms with E-state index in [0.717, 1.165) is 0 Å². The number of aromatic nitrogens is 1. The van der Waals surface area contributed by atoms with Gasteiger partial charge in [0.2, 0.25) is 0 Å². The Kier molecular flexibility index (Phi) is 20.0. The molecule has 1 heterocycles. The van der Waals surface area contributed by atoms with Gasteiger partial charge < -0.3 is 0 Å². The third-order valence-electron chi connectivity index (χ3n) is 7.07. The van der Waals surface area contributed by atoms with Gasteiger partial charge >= 0.3 is 0 Å². The minimum Gasteiger partial charge on any atom is -0.205 e. The first kappa shape index (κ1) is 29.2. The van der Waals surface area contributed by atoms with E-state index in [1.54, 1.807) is 11.1 Å². The van der Waals surface area contributed by atoms with Crippen LogP contribution < -0.4 is 4.57 Å². The number of aryl methyl sites for hydroxylation is 3. The maximum Gasteiger partial charge on any atom is 0.172 e. The van der Waals surface area contributed by atoms with Gasteiger partial charge in [0.05, 0.1) is 0 Å². The highest BCUT2D eigenvalue weighted by molar-refractivity contribution is 5.21. The largest absolute Gasteiger partial charge is 0.205 e. The van der Waals surface area contributed by atoms with Crippen LogP contribution in [0, 0.1) is 0 Å². The fourth-order valence-corrected chi connectivity index (χ4v) is 4.85. The van der Waals surface area contributed by atoms with Crippen molar-refractivity contribution in [2.45, 2.75) is 169 Å². The van der Waals surface area contributed by atoms with Gasteiger partial charge in [0, 0.05) is 18.1 Å². The SMILES string of the molecule is CCCCCCCCCCc1cc[n+](CCCCCC)cc1CCCCCCCCCC. The van der Waals surface area contributed by atoms with E-state index < -0.39 is 0 Å². The van der Waals surface area contributed by atoms with Gasteiger partial charge in [-0.15, -0.1) is 0 Å². The summed E-state index contributed by atoms with van der Waals surface area (Å²) in [7, 11) is 0. The molecule has 0 atom stereocenters. The Morgan fingerprint density at radius 3 is 1.38 bits per heavy atom. The Bertz CT molecular complexity index is 521. The van der Waals surface area contributed by atoms with E-state index in [2.05, 4.69) is 43.8 Å². The highest BCUT2D eigenvalue weighted by atomic mass is 14.9. The lowest BCUT2D eigenvalue weighted by Crippen LogP contribution is -2.33. The average molecular weight is 445 g/mol. The Morgan fingerprint density at radius 1 is 0.469 bits per heavy atom. The zero-order chi connectivity index (χ0) is 23.1. The van der Waals surface area contributed by atoms with Crippen LogP contribution in [0.3, 0.4) is 0 Å². The molecule has 0 unspecified atom stereocenters. The molecule has 1 aromatic heterocycles. The molecule has 0 saturated heterocycles. The van der Waals surface area contributed by atoms with Crippen LogP contribution in [0.2, 0.25) is 0 Å². The highest BCUT2D eigenvalue weighted by Gasteiger charge is 2.10. The van der Waals surface area contributed by atoms with E-state index in [4.69, 9.17) is 0 Å². The van der Waals surface area contributed by atoms with Crippen molar-refractivity contribution in [3.8, 4) is 0 Å². The lowest BCUT2D eigenvalue weighted by atomic mass is 9.97. The predicted octanol–water partition coefficient (Wildman–Crippen LogP) is 9.92. The maximum absolute atomic E-state index is 2.51. The minimum absolute atomic E-state index is 1.20. The van der Waals surface area contributed by atoms with Crippen molar-refractivity contribution < 1.29 is 4.57 Å². The van der Waals surface area contributed by atoms with E-state index in [-0.39, 0.29) is 0 Å². The Morgan fingerprint density at radius 2 is 0.875 bits per heavy atom. The van der Waals surface area contributed by atoms with Crippen LogP contribution in [-0.4, -0.2) is 0 Å². The number of pyridine rings is 1. The quantitative estimate of drug-likeness (QED) is 0.117. The lowest BCUT2D eigenvalue weighted by Gasteiger charge is -2.10. The summed E-state index contributed by atoms with van der Waals surface area (Å²) in [6.45, 7) is 8.11. The number of rotatable bonds is 23. The Balaban J connectivity index is 2.41. The zero-order valence-electron chi connectivity index (χ0n) is 22.4. The van der Waals surface area contributed by atoms with E-state index in [1.165, 1.54) is 148 Å². The second-order valence-electron chi connectivity index (χ2n) is 10.2. The van der Waals surface area contributed by atoms with Gasteiger partial charge in [0.1, 0.15) is 6.54 Å². The molecule has 0 aliphatic carbocycles. The molecule has 1 rings (SSSR count). The summed E-state index contributed by atoms with van der Waals surface area (Å²) in [4.78, 5) is 0. The Labute approximate surface area is 202 Å². The molecule has 32 heavy (non-hydrogen) atoms. The third-order valence-corrected chi connectivity index (χ3v) is 7.07. The van der Waals surface area contributed by atoms with Gasteiger partial charge in [-0.2, -0.15) is 0 Å². The molecule has 0 aromatic carbocycles. The van der Waals surface area contributed by atoms with Gasteiger partial charge in [0.25, 0.3) is 0 Å². The number of nitrogens with zero attached hydrogens (tertiary/aromatic N) is 1. The molecule has 0 amide bonds. The number of hydrogen-bond donors (Lipinski definition) is 0. The Hall–Kier alpha value is -0.850. The molecule has 186 valence electrons. The normalized spacial score (nSPS) is 11.3. The van der Waals surface area contributed by atoms with Crippen LogP contribution in [0.5, 0.6) is 0 Å². The van der Waals surface area contributed by atoms with E-state index >= 15 is 0 Å². The van der Waals surface area contributed by atoms with Gasteiger partial charge in [-0.3, -0.25) is 0 Å². The van der Waals surface area contributed by atoms with Gasteiger partial charge in [0.15, 0.2) is 12.4 Å². The monoisotopic (exact) mass is 444 g/mol. The van der Waals surface area contributed by atoms with Crippen LogP contribution >= 0.6 is 0 Å². The standard InChI is InChI=1S/C31H58N/c1-4-7-10-13-15-17-19-21-24-30-26-28-32(27-23-12-9-6-3)29-31(30)25-22-20-18-16-14-11-8-5-2/h26,28-29H,4-25,27H2,1-3H3/q+1. The van der Waals surface area contributed by atoms with Crippen LogP contribution in [0.15, 0.2) is 18.5 Å². The molecule has 0 spiro atoms. The lowest BCUT2D eigenvalue weighted by molar-refractivity contribution is -0.697. The average Bonchev–Trinajstić information content (AvgIpc) is 2.81. The first-order valence-corrected chi connectivity index (χ1v) is 14.8. The maximum atomic E-state index is 2.51. The molecule has 0 aliphatic heterocycles. The van der Waals surface area contributed by atoms with Crippen LogP contribution in [0.25, 0.3) is 0 Å². The molecule has 0 saturated carbocycles. The molecule has 0 radical (unpaired) electrons. The molecule has 1 nitrogen and oxygen atoms in total. The number of unbranched alkanes of at least 4 members (excludes halogenated alkanes) is 17. The highest BCUT2D eigenvalue weighted by Crippen LogP contribution is 2.17. The van der Waals surface area contributed by atoms with E-state index in [1.807, 2.05) is 0 Å². The van der Waals surface area contributed by atoms with Crippen molar-refractivity contribution in [3.05, 3.63) is 29.6 Å². The molecule has 0 N–H and O–H groups in total. The van der Waals surface area contributed by atoms with Crippen LogP contribution in [0.1, 0.15) is 160 Å². The van der Waals surface area contributed by atoms with Crippen molar-refractivity contribution in [1.29, 1.82) is 0 Å². The second kappa shape index (κ2) is 22.0. The van der Waals surface area contributed by atoms with Crippen LogP contribution in [0.4, 0.5) is 0 Å². The van der Waals surface area contributed by atoms with Crippen LogP contribution in [-0.2, 0) is 19.4 Å². The topological polar surface area (TPSA) is 3.88 Å².